The Bertz CT molecular complexity index is 629. The van der Waals surface area contributed by atoms with E-state index in [1.54, 1.807) is 25.8 Å². The number of rotatable bonds is 4. The Balaban J connectivity index is 2.09. The Morgan fingerprint density at radius 3 is 2.29 bits per heavy atom. The number of aliphatic carboxylic acids is 1. The molecular weight excluding hydrogens is 296 g/mol. The molecule has 8 nitrogen and oxygen atoms in total. The number of nitrogens with zero attached hydrogens (tertiary/aromatic N) is 4. The van der Waals surface area contributed by atoms with E-state index in [0.717, 1.165) is 0 Å². The van der Waals surface area contributed by atoms with Crippen LogP contribution in [-0.4, -0.2) is 70.2 Å². The van der Waals surface area contributed by atoms with Crippen LogP contribution in [-0.2, 0) is 21.9 Å². The lowest BCUT2D eigenvalue weighted by molar-refractivity contribution is -0.150. The Morgan fingerprint density at radius 1 is 1.29 bits per heavy atom. The Morgan fingerprint density at radius 2 is 1.86 bits per heavy atom. The molecule has 118 valence electrons. The molecule has 0 saturated carbocycles. The van der Waals surface area contributed by atoms with Crippen molar-refractivity contribution < 1.29 is 18.3 Å². The number of carbonyl (C=O) groups is 1. The number of aromatic nitrogens is 2. The van der Waals surface area contributed by atoms with Crippen LogP contribution in [0.4, 0.5) is 0 Å². The van der Waals surface area contributed by atoms with Gasteiger partial charge in [0.1, 0.15) is 10.4 Å². The Hall–Kier alpha value is -1.45. The second kappa shape index (κ2) is 5.39. The number of aryl methyl sites for hydroxylation is 1. The van der Waals surface area contributed by atoms with Gasteiger partial charge in [0, 0.05) is 39.4 Å². The van der Waals surface area contributed by atoms with E-state index in [-0.39, 0.29) is 18.0 Å². The lowest BCUT2D eigenvalue weighted by Crippen LogP contribution is -2.58. The fourth-order valence-electron chi connectivity index (χ4n) is 2.30. The molecule has 0 radical (unpaired) electrons. The van der Waals surface area contributed by atoms with Crippen molar-refractivity contribution in [3.8, 4) is 0 Å². The summed E-state index contributed by atoms with van der Waals surface area (Å²) in [4.78, 5) is 13.2. The summed E-state index contributed by atoms with van der Waals surface area (Å²) in [6.07, 6.45) is 2.78. The van der Waals surface area contributed by atoms with Gasteiger partial charge in [-0.2, -0.15) is 9.40 Å². The van der Waals surface area contributed by atoms with E-state index in [1.807, 2.05) is 0 Å². The zero-order valence-electron chi connectivity index (χ0n) is 12.4. The summed E-state index contributed by atoms with van der Waals surface area (Å²) in [6.45, 7) is 4.57. The summed E-state index contributed by atoms with van der Waals surface area (Å²) in [5, 5.41) is 13.1. The van der Waals surface area contributed by atoms with Crippen LogP contribution in [0.2, 0.25) is 0 Å². The quantitative estimate of drug-likeness (QED) is 0.811. The van der Waals surface area contributed by atoms with Gasteiger partial charge in [0.15, 0.2) is 0 Å². The first kappa shape index (κ1) is 15.9. The summed E-state index contributed by atoms with van der Waals surface area (Å²) < 4.78 is 27.7. The predicted molar refractivity (Wildman–Crippen MR) is 75.3 cm³/mol. The molecule has 1 fully saturated rings. The largest absolute Gasteiger partial charge is 0.480 e. The van der Waals surface area contributed by atoms with Gasteiger partial charge in [-0.15, -0.1) is 0 Å². The van der Waals surface area contributed by atoms with Crippen molar-refractivity contribution in [2.75, 3.05) is 26.2 Å². The topological polar surface area (TPSA) is 95.7 Å². The normalized spacial score (nSPS) is 18.8. The third-order valence-electron chi connectivity index (χ3n) is 3.87. The van der Waals surface area contributed by atoms with Gasteiger partial charge in [0.05, 0.1) is 6.20 Å². The third-order valence-corrected chi connectivity index (χ3v) is 5.72. The van der Waals surface area contributed by atoms with Gasteiger partial charge in [0.2, 0.25) is 10.0 Å². The van der Waals surface area contributed by atoms with Crippen LogP contribution in [0.5, 0.6) is 0 Å². The average Bonchev–Trinajstić information content (AvgIpc) is 2.86. The van der Waals surface area contributed by atoms with Crippen molar-refractivity contribution in [2.45, 2.75) is 24.3 Å². The molecule has 21 heavy (non-hydrogen) atoms. The fraction of sp³-hybridized carbons (Fsp3) is 0.667. The van der Waals surface area contributed by atoms with Crippen LogP contribution in [0.1, 0.15) is 13.8 Å². The number of hydrogen-bond acceptors (Lipinski definition) is 5. The number of sulfonamides is 1. The van der Waals surface area contributed by atoms with E-state index in [4.69, 9.17) is 0 Å². The second-order valence-electron chi connectivity index (χ2n) is 5.61. The maximum absolute atomic E-state index is 12.4. The van der Waals surface area contributed by atoms with E-state index in [2.05, 4.69) is 5.10 Å². The van der Waals surface area contributed by atoms with Gasteiger partial charge < -0.3 is 5.11 Å². The van der Waals surface area contributed by atoms with Crippen molar-refractivity contribution in [1.29, 1.82) is 0 Å². The van der Waals surface area contributed by atoms with E-state index in [1.165, 1.54) is 21.4 Å². The van der Waals surface area contributed by atoms with Crippen molar-refractivity contribution in [3.05, 3.63) is 12.4 Å². The lowest BCUT2D eigenvalue weighted by atomic mass is 10.0. The van der Waals surface area contributed by atoms with Crippen molar-refractivity contribution >= 4 is 16.0 Å². The van der Waals surface area contributed by atoms with Crippen LogP contribution in [0.25, 0.3) is 0 Å². The van der Waals surface area contributed by atoms with Gasteiger partial charge in [-0.1, -0.05) is 0 Å². The molecule has 1 aromatic rings. The molecule has 2 heterocycles. The molecule has 1 saturated heterocycles. The molecule has 9 heteroatoms. The molecule has 0 spiro atoms. The van der Waals surface area contributed by atoms with Crippen LogP contribution in [0.15, 0.2) is 17.3 Å². The number of hydrogen-bond donors (Lipinski definition) is 1. The van der Waals surface area contributed by atoms with Gasteiger partial charge in [0.25, 0.3) is 0 Å². The minimum atomic E-state index is -3.55. The van der Waals surface area contributed by atoms with Crippen LogP contribution < -0.4 is 0 Å². The molecule has 0 bridgehead atoms. The zero-order valence-corrected chi connectivity index (χ0v) is 13.2. The van der Waals surface area contributed by atoms with Crippen LogP contribution in [0.3, 0.4) is 0 Å². The minimum Gasteiger partial charge on any atom is -0.480 e. The molecule has 1 aliphatic rings. The molecule has 2 rings (SSSR count). The summed E-state index contributed by atoms with van der Waals surface area (Å²) in [5.74, 6) is -0.911. The molecule has 1 aromatic heterocycles. The first-order valence-electron chi connectivity index (χ1n) is 6.63. The highest BCUT2D eigenvalue weighted by molar-refractivity contribution is 7.89. The molecule has 0 aliphatic carbocycles. The third kappa shape index (κ3) is 2.94. The highest BCUT2D eigenvalue weighted by Gasteiger charge is 2.38. The molecule has 1 aliphatic heterocycles. The number of carboxylic acid groups (broad SMARTS) is 1. The summed E-state index contributed by atoms with van der Waals surface area (Å²) in [7, 11) is -1.90. The highest BCUT2D eigenvalue weighted by atomic mass is 32.2. The van der Waals surface area contributed by atoms with Crippen molar-refractivity contribution in [1.82, 2.24) is 19.0 Å². The minimum absolute atomic E-state index is 0.163. The van der Waals surface area contributed by atoms with E-state index >= 15 is 0 Å². The summed E-state index contributed by atoms with van der Waals surface area (Å²) in [6, 6.07) is 0. The van der Waals surface area contributed by atoms with Gasteiger partial charge in [-0.25, -0.2) is 8.42 Å². The lowest BCUT2D eigenvalue weighted by Gasteiger charge is -2.40. The van der Waals surface area contributed by atoms with Crippen molar-refractivity contribution in [3.63, 3.8) is 0 Å². The van der Waals surface area contributed by atoms with Crippen LogP contribution in [0, 0.1) is 0 Å². The zero-order chi connectivity index (χ0) is 15.8. The number of piperazine rings is 1. The first-order chi connectivity index (χ1) is 9.65. The van der Waals surface area contributed by atoms with E-state index in [0.29, 0.717) is 13.1 Å². The molecular formula is C12H20N4O4S. The van der Waals surface area contributed by atoms with Crippen LogP contribution >= 0.6 is 0 Å². The molecule has 0 aromatic carbocycles. The van der Waals surface area contributed by atoms with Crippen molar-refractivity contribution in [2.24, 2.45) is 7.05 Å². The first-order valence-corrected chi connectivity index (χ1v) is 8.07. The molecule has 0 unspecified atom stereocenters. The Kier molecular flexibility index (Phi) is 4.09. The number of carboxylic acids is 1. The molecule has 1 N–H and O–H groups in total. The highest BCUT2D eigenvalue weighted by Crippen LogP contribution is 2.21. The maximum Gasteiger partial charge on any atom is 0.323 e. The monoisotopic (exact) mass is 316 g/mol. The summed E-state index contributed by atoms with van der Waals surface area (Å²) >= 11 is 0. The van der Waals surface area contributed by atoms with Gasteiger partial charge >= 0.3 is 5.97 Å². The Labute approximate surface area is 124 Å². The molecule has 0 amide bonds. The average molecular weight is 316 g/mol. The molecule has 0 atom stereocenters. The van der Waals surface area contributed by atoms with Gasteiger partial charge in [-0.05, 0) is 13.8 Å². The van der Waals surface area contributed by atoms with E-state index in [9.17, 15) is 18.3 Å². The standard InChI is InChI=1S/C12H20N4O4S/c1-12(2,11(17)18)15-4-6-16(7-5-15)21(19,20)10-8-13-14(3)9-10/h8-9H,4-7H2,1-3H3,(H,17,18). The predicted octanol–water partition coefficient (Wildman–Crippen LogP) is -0.410. The SMILES string of the molecule is Cn1cc(S(=O)(=O)N2CCN(C(C)(C)C(=O)O)CC2)cn1. The van der Waals surface area contributed by atoms with E-state index < -0.39 is 21.5 Å². The smallest absolute Gasteiger partial charge is 0.323 e. The maximum atomic E-state index is 12.4. The van der Waals surface area contributed by atoms with Gasteiger partial charge in [-0.3, -0.25) is 14.4 Å². The fourth-order valence-corrected chi connectivity index (χ4v) is 3.71. The summed E-state index contributed by atoms with van der Waals surface area (Å²) in [5.41, 5.74) is -0.996. The second-order valence-corrected chi connectivity index (χ2v) is 7.54.